The molecule has 0 radical (unpaired) electrons. The molecule has 29 heavy (non-hydrogen) atoms. The van der Waals surface area contributed by atoms with Crippen molar-refractivity contribution in [1.29, 1.82) is 0 Å². The Morgan fingerprint density at radius 2 is 1.79 bits per heavy atom. The molecule has 0 aromatic heterocycles. The molecular formula is C24H29ClO4. The van der Waals surface area contributed by atoms with Crippen LogP contribution in [0, 0.1) is 40.4 Å². The minimum absolute atomic E-state index is 0.0423. The molecule has 4 nitrogen and oxygen atoms in total. The Hall–Kier alpha value is -1.42. The number of halogens is 1. The van der Waals surface area contributed by atoms with Gasteiger partial charge in [-0.2, -0.15) is 0 Å². The van der Waals surface area contributed by atoms with E-state index in [2.05, 4.69) is 19.9 Å². The van der Waals surface area contributed by atoms with Crippen LogP contribution in [-0.4, -0.2) is 23.1 Å². The van der Waals surface area contributed by atoms with Gasteiger partial charge in [0.2, 0.25) is 0 Å². The summed E-state index contributed by atoms with van der Waals surface area (Å²) in [7, 11) is 0. The second kappa shape index (κ2) is 5.84. The fourth-order valence-corrected chi connectivity index (χ4v) is 8.43. The highest BCUT2D eigenvalue weighted by Gasteiger charge is 2.70. The van der Waals surface area contributed by atoms with Crippen LogP contribution in [0.4, 0.5) is 0 Å². The van der Waals surface area contributed by atoms with Crippen LogP contribution in [0.5, 0.6) is 0 Å². The lowest BCUT2D eigenvalue weighted by molar-refractivity contribution is -0.185. The Morgan fingerprint density at radius 1 is 1.10 bits per heavy atom. The predicted molar refractivity (Wildman–Crippen MR) is 109 cm³/mol. The number of hydrogen-bond donors (Lipinski definition) is 0. The molecule has 0 N–H and O–H groups in total. The van der Waals surface area contributed by atoms with E-state index in [1.807, 2.05) is 6.08 Å². The number of carbonyl (C=O) groups excluding carboxylic acids is 3. The van der Waals surface area contributed by atoms with Crippen LogP contribution in [0.15, 0.2) is 22.8 Å². The average molecular weight is 417 g/mol. The third kappa shape index (κ3) is 2.24. The van der Waals surface area contributed by atoms with E-state index < -0.39 is 5.60 Å². The quantitative estimate of drug-likeness (QED) is 0.617. The number of hydrogen-bond acceptors (Lipinski definition) is 4. The number of fused-ring (bicyclic) bond motifs is 7. The van der Waals surface area contributed by atoms with E-state index >= 15 is 0 Å². The Labute approximate surface area is 177 Å². The molecule has 8 atom stereocenters. The second-order valence-electron chi connectivity index (χ2n) is 10.5. The van der Waals surface area contributed by atoms with Gasteiger partial charge in [0.15, 0.2) is 17.2 Å². The van der Waals surface area contributed by atoms with Gasteiger partial charge in [0.05, 0.1) is 0 Å². The summed E-state index contributed by atoms with van der Waals surface area (Å²) in [5.41, 5.74) is -0.455. The van der Waals surface area contributed by atoms with Crippen LogP contribution < -0.4 is 0 Å². The maximum atomic E-state index is 12.8. The molecule has 5 heteroatoms. The predicted octanol–water partition coefficient (Wildman–Crippen LogP) is 4.61. The molecule has 0 aliphatic heterocycles. The number of carbonyl (C=O) groups is 3. The lowest BCUT2D eigenvalue weighted by atomic mass is 9.47. The minimum Gasteiger partial charge on any atom is -0.451 e. The lowest BCUT2D eigenvalue weighted by Gasteiger charge is -2.57. The van der Waals surface area contributed by atoms with Crippen molar-refractivity contribution in [2.75, 3.05) is 0 Å². The van der Waals surface area contributed by atoms with Crippen LogP contribution in [0.25, 0.3) is 0 Å². The van der Waals surface area contributed by atoms with E-state index in [0.717, 1.165) is 31.3 Å². The van der Waals surface area contributed by atoms with E-state index in [1.54, 1.807) is 6.92 Å². The van der Waals surface area contributed by atoms with Gasteiger partial charge in [-0.05, 0) is 74.3 Å². The molecular weight excluding hydrogens is 388 g/mol. The molecule has 0 bridgehead atoms. The average Bonchev–Trinajstić information content (AvgIpc) is 3.39. The monoisotopic (exact) mass is 416 g/mol. The summed E-state index contributed by atoms with van der Waals surface area (Å²) >= 11 is 6.79. The van der Waals surface area contributed by atoms with Gasteiger partial charge in [-0.1, -0.05) is 31.5 Å². The third-order valence-corrected chi connectivity index (χ3v) is 9.83. The zero-order valence-corrected chi connectivity index (χ0v) is 18.3. The van der Waals surface area contributed by atoms with E-state index in [4.69, 9.17) is 16.3 Å². The molecule has 3 saturated carbocycles. The van der Waals surface area contributed by atoms with Crippen molar-refractivity contribution in [3.8, 4) is 0 Å². The van der Waals surface area contributed by atoms with E-state index in [1.165, 1.54) is 6.92 Å². The van der Waals surface area contributed by atoms with E-state index in [9.17, 15) is 14.4 Å². The summed E-state index contributed by atoms with van der Waals surface area (Å²) < 4.78 is 5.82. The molecule has 0 unspecified atom stereocenters. The van der Waals surface area contributed by atoms with Crippen molar-refractivity contribution in [2.24, 2.45) is 40.4 Å². The van der Waals surface area contributed by atoms with Gasteiger partial charge in [-0.15, -0.1) is 0 Å². The molecule has 0 aromatic carbocycles. The Bertz CT molecular complexity index is 903. The van der Waals surface area contributed by atoms with Gasteiger partial charge < -0.3 is 4.74 Å². The Kier molecular flexibility index (Phi) is 3.93. The van der Waals surface area contributed by atoms with Crippen LogP contribution in [-0.2, 0) is 19.1 Å². The highest BCUT2D eigenvalue weighted by molar-refractivity contribution is 6.32. The summed E-state index contributed by atoms with van der Waals surface area (Å²) in [5.74, 6) is 1.27. The number of esters is 1. The smallest absolute Gasteiger partial charge is 0.303 e. The standard InChI is InChI=1S/C24H29ClO4/c1-12(26)24(29-13(2)27)8-6-16-14-10-20(25)19-11-21(28)15-9-18(15)23(19,4)17(14)5-7-22(16,24)3/h10-11,14-18H,5-9H2,1-4H3/t14-,15-,16-,17-,18+,22-,23+,24-/m1/s1. The van der Waals surface area contributed by atoms with Crippen molar-refractivity contribution in [3.05, 3.63) is 22.8 Å². The second-order valence-corrected chi connectivity index (χ2v) is 10.9. The van der Waals surface area contributed by atoms with Gasteiger partial charge in [-0.25, -0.2) is 0 Å². The summed E-state index contributed by atoms with van der Waals surface area (Å²) in [4.78, 5) is 37.1. The highest BCUT2D eigenvalue weighted by atomic mass is 35.5. The van der Waals surface area contributed by atoms with Crippen LogP contribution >= 0.6 is 11.6 Å². The molecule has 5 rings (SSSR count). The van der Waals surface area contributed by atoms with Gasteiger partial charge >= 0.3 is 5.97 Å². The molecule has 5 aliphatic carbocycles. The summed E-state index contributed by atoms with van der Waals surface area (Å²) in [6, 6.07) is 0. The van der Waals surface area contributed by atoms with Crippen molar-refractivity contribution in [3.63, 3.8) is 0 Å². The Balaban J connectivity index is 1.60. The molecule has 0 aromatic rings. The zero-order valence-electron chi connectivity index (χ0n) is 17.6. The molecule has 0 heterocycles. The molecule has 156 valence electrons. The van der Waals surface area contributed by atoms with Crippen LogP contribution in [0.3, 0.4) is 0 Å². The normalized spacial score (nSPS) is 49.7. The molecule has 3 fully saturated rings. The SMILES string of the molecule is CC(=O)O[C@@]1(C(C)=O)CC[C@@H]2[C@H]3C=C(Cl)C4=CC(=O)[C@@H]5C[C@@H]5[C@]4(C)[C@@H]3CC[C@]21C. The fourth-order valence-electron chi connectivity index (χ4n) is 8.03. The minimum atomic E-state index is -1.03. The van der Waals surface area contributed by atoms with Crippen molar-refractivity contribution in [2.45, 2.75) is 65.4 Å². The first-order valence-electron chi connectivity index (χ1n) is 10.9. The zero-order chi connectivity index (χ0) is 20.9. The molecule has 5 aliphatic rings. The fraction of sp³-hybridized carbons (Fsp3) is 0.708. The maximum Gasteiger partial charge on any atom is 0.303 e. The number of Topliss-reactive ketones (excluding diaryl/α,β-unsaturated/α-hetero) is 1. The summed E-state index contributed by atoms with van der Waals surface area (Å²) in [6.45, 7) is 7.42. The van der Waals surface area contributed by atoms with E-state index in [-0.39, 0.29) is 46.1 Å². The van der Waals surface area contributed by atoms with Gasteiger partial charge in [0.25, 0.3) is 0 Å². The Morgan fingerprint density at radius 3 is 2.45 bits per heavy atom. The van der Waals surface area contributed by atoms with Crippen LogP contribution in [0.2, 0.25) is 0 Å². The molecule has 0 saturated heterocycles. The van der Waals surface area contributed by atoms with Crippen molar-refractivity contribution < 1.29 is 19.1 Å². The van der Waals surface area contributed by atoms with E-state index in [0.29, 0.717) is 23.3 Å². The summed E-state index contributed by atoms with van der Waals surface area (Å²) in [6.07, 6.45) is 8.18. The first-order valence-corrected chi connectivity index (χ1v) is 11.3. The van der Waals surface area contributed by atoms with Gasteiger partial charge in [0, 0.05) is 28.7 Å². The molecule has 0 spiro atoms. The van der Waals surface area contributed by atoms with Crippen LogP contribution in [0.1, 0.15) is 59.8 Å². The number of rotatable bonds is 2. The first kappa shape index (κ1) is 19.5. The highest BCUT2D eigenvalue weighted by Crippen LogP contribution is 2.72. The number of ketones is 2. The first-order chi connectivity index (χ1) is 13.6. The van der Waals surface area contributed by atoms with Gasteiger partial charge in [-0.3, -0.25) is 14.4 Å². The number of allylic oxidation sites excluding steroid dienone is 4. The maximum absolute atomic E-state index is 12.8. The molecule has 0 amide bonds. The van der Waals surface area contributed by atoms with Crippen molar-refractivity contribution in [1.82, 2.24) is 0 Å². The van der Waals surface area contributed by atoms with Crippen molar-refractivity contribution >= 4 is 29.1 Å². The van der Waals surface area contributed by atoms with Gasteiger partial charge in [0.1, 0.15) is 0 Å². The lowest BCUT2D eigenvalue weighted by Crippen LogP contribution is -2.58. The number of ether oxygens (including phenoxy) is 1. The largest absolute Gasteiger partial charge is 0.451 e. The summed E-state index contributed by atoms with van der Waals surface area (Å²) in [5, 5.41) is 0.713. The third-order valence-electron chi connectivity index (χ3n) is 9.50. The topological polar surface area (TPSA) is 60.4 Å².